The van der Waals surface area contributed by atoms with Gasteiger partial charge in [-0.05, 0) is 23.6 Å². The predicted molar refractivity (Wildman–Crippen MR) is 66.0 cm³/mol. The van der Waals surface area contributed by atoms with E-state index in [1.807, 2.05) is 18.2 Å². The van der Waals surface area contributed by atoms with E-state index in [-0.39, 0.29) is 12.0 Å². The largest absolute Gasteiger partial charge is 0.497 e. The van der Waals surface area contributed by atoms with Gasteiger partial charge in [-0.2, -0.15) is 0 Å². The smallest absolute Gasteiger partial charge is 0.148 e. The molecular formula is C14H18O2. The van der Waals surface area contributed by atoms with Crippen LogP contribution < -0.4 is 9.47 Å². The van der Waals surface area contributed by atoms with Crippen molar-refractivity contribution in [3.8, 4) is 23.8 Å². The molecule has 2 heteroatoms. The number of hydrogen-bond acceptors (Lipinski definition) is 2. The minimum atomic E-state index is -0.00152. The van der Waals surface area contributed by atoms with Gasteiger partial charge in [-0.15, -0.1) is 6.42 Å². The highest BCUT2D eigenvalue weighted by Crippen LogP contribution is 2.34. The van der Waals surface area contributed by atoms with Crippen LogP contribution in [0.25, 0.3) is 0 Å². The van der Waals surface area contributed by atoms with Gasteiger partial charge in [0, 0.05) is 5.56 Å². The SMILES string of the molecule is C#CCOc1ccc(OC)cc1C(C)(C)C. The summed E-state index contributed by atoms with van der Waals surface area (Å²) in [6, 6.07) is 5.77. The van der Waals surface area contributed by atoms with Crippen molar-refractivity contribution in [3.05, 3.63) is 23.8 Å². The lowest BCUT2D eigenvalue weighted by atomic mass is 9.86. The zero-order valence-electron chi connectivity index (χ0n) is 10.3. The molecule has 0 aliphatic heterocycles. The molecule has 2 nitrogen and oxygen atoms in total. The fraction of sp³-hybridized carbons (Fsp3) is 0.429. The molecule has 0 radical (unpaired) electrons. The van der Waals surface area contributed by atoms with Crippen LogP contribution in [0.15, 0.2) is 18.2 Å². The molecule has 0 saturated heterocycles. The zero-order valence-corrected chi connectivity index (χ0v) is 10.3. The number of rotatable bonds is 3. The third-order valence-electron chi connectivity index (χ3n) is 2.31. The third kappa shape index (κ3) is 2.93. The van der Waals surface area contributed by atoms with E-state index in [0.717, 1.165) is 17.1 Å². The van der Waals surface area contributed by atoms with Gasteiger partial charge in [-0.25, -0.2) is 0 Å². The lowest BCUT2D eigenvalue weighted by molar-refractivity contribution is 0.354. The summed E-state index contributed by atoms with van der Waals surface area (Å²) >= 11 is 0. The van der Waals surface area contributed by atoms with Crippen LogP contribution in [0.1, 0.15) is 26.3 Å². The summed E-state index contributed by atoms with van der Waals surface area (Å²) in [6.45, 7) is 6.68. The maximum absolute atomic E-state index is 5.52. The normalized spacial score (nSPS) is 10.7. The van der Waals surface area contributed by atoms with E-state index >= 15 is 0 Å². The Morgan fingerprint density at radius 3 is 2.50 bits per heavy atom. The number of ether oxygens (including phenoxy) is 2. The zero-order chi connectivity index (χ0) is 12.2. The first kappa shape index (κ1) is 12.4. The Balaban J connectivity index is 3.12. The van der Waals surface area contributed by atoms with Crippen molar-refractivity contribution in [1.82, 2.24) is 0 Å². The van der Waals surface area contributed by atoms with Gasteiger partial charge in [0.2, 0.25) is 0 Å². The number of terminal acetylenes is 1. The van der Waals surface area contributed by atoms with Gasteiger partial charge < -0.3 is 9.47 Å². The molecule has 0 saturated carbocycles. The molecule has 86 valence electrons. The van der Waals surface area contributed by atoms with Crippen molar-refractivity contribution in [1.29, 1.82) is 0 Å². The van der Waals surface area contributed by atoms with E-state index in [9.17, 15) is 0 Å². The standard InChI is InChI=1S/C14H18O2/c1-6-9-16-13-8-7-11(15-5)10-12(13)14(2,3)4/h1,7-8,10H,9H2,2-5H3. The van der Waals surface area contributed by atoms with E-state index in [4.69, 9.17) is 15.9 Å². The minimum absolute atomic E-state index is 0.00152. The van der Waals surface area contributed by atoms with E-state index < -0.39 is 0 Å². The first-order chi connectivity index (χ1) is 7.49. The van der Waals surface area contributed by atoms with Crippen molar-refractivity contribution in [3.63, 3.8) is 0 Å². The van der Waals surface area contributed by atoms with Crippen molar-refractivity contribution in [2.45, 2.75) is 26.2 Å². The monoisotopic (exact) mass is 218 g/mol. The van der Waals surface area contributed by atoms with E-state index in [1.54, 1.807) is 7.11 Å². The van der Waals surface area contributed by atoms with Gasteiger partial charge in [-0.1, -0.05) is 26.7 Å². The van der Waals surface area contributed by atoms with E-state index in [1.165, 1.54) is 0 Å². The number of hydrogen-bond donors (Lipinski definition) is 0. The fourth-order valence-corrected chi connectivity index (χ4v) is 1.47. The summed E-state index contributed by atoms with van der Waals surface area (Å²) in [5.41, 5.74) is 1.10. The molecule has 0 bridgehead atoms. The molecule has 0 fully saturated rings. The molecular weight excluding hydrogens is 200 g/mol. The molecule has 0 spiro atoms. The highest BCUT2D eigenvalue weighted by Gasteiger charge is 2.19. The maximum Gasteiger partial charge on any atom is 0.148 e. The van der Waals surface area contributed by atoms with Gasteiger partial charge >= 0.3 is 0 Å². The average molecular weight is 218 g/mol. The van der Waals surface area contributed by atoms with E-state index in [2.05, 4.69) is 26.7 Å². The van der Waals surface area contributed by atoms with Crippen LogP contribution in [-0.4, -0.2) is 13.7 Å². The summed E-state index contributed by atoms with van der Waals surface area (Å²) in [5, 5.41) is 0. The molecule has 0 amide bonds. The van der Waals surface area contributed by atoms with Gasteiger partial charge in [0.25, 0.3) is 0 Å². The van der Waals surface area contributed by atoms with Crippen LogP contribution >= 0.6 is 0 Å². The molecule has 0 unspecified atom stereocenters. The van der Waals surface area contributed by atoms with Crippen LogP contribution in [0.2, 0.25) is 0 Å². The molecule has 0 aliphatic rings. The average Bonchev–Trinajstić information content (AvgIpc) is 2.25. The Morgan fingerprint density at radius 2 is 2.00 bits per heavy atom. The van der Waals surface area contributed by atoms with Gasteiger partial charge in [0.15, 0.2) is 0 Å². The van der Waals surface area contributed by atoms with Crippen molar-refractivity contribution >= 4 is 0 Å². The van der Waals surface area contributed by atoms with Crippen molar-refractivity contribution in [2.75, 3.05) is 13.7 Å². The highest BCUT2D eigenvalue weighted by atomic mass is 16.5. The lowest BCUT2D eigenvalue weighted by Crippen LogP contribution is -2.13. The Labute approximate surface area is 97.6 Å². The molecule has 16 heavy (non-hydrogen) atoms. The summed E-state index contributed by atoms with van der Waals surface area (Å²) in [6.07, 6.45) is 5.19. The molecule has 0 atom stereocenters. The fourth-order valence-electron chi connectivity index (χ4n) is 1.47. The minimum Gasteiger partial charge on any atom is -0.497 e. The first-order valence-electron chi connectivity index (χ1n) is 5.24. The number of benzene rings is 1. The third-order valence-corrected chi connectivity index (χ3v) is 2.31. The van der Waals surface area contributed by atoms with Gasteiger partial charge in [0.1, 0.15) is 18.1 Å². The summed E-state index contributed by atoms with van der Waals surface area (Å²) in [4.78, 5) is 0. The molecule has 1 aromatic rings. The summed E-state index contributed by atoms with van der Waals surface area (Å²) in [5.74, 6) is 4.13. The van der Waals surface area contributed by atoms with Gasteiger partial charge in [0.05, 0.1) is 7.11 Å². The molecule has 0 aromatic heterocycles. The van der Waals surface area contributed by atoms with Crippen molar-refractivity contribution in [2.24, 2.45) is 0 Å². The molecule has 0 N–H and O–H groups in total. The predicted octanol–water partition coefficient (Wildman–Crippen LogP) is 3.00. The van der Waals surface area contributed by atoms with E-state index in [0.29, 0.717) is 0 Å². The van der Waals surface area contributed by atoms with Crippen molar-refractivity contribution < 1.29 is 9.47 Å². The molecule has 1 aromatic carbocycles. The van der Waals surface area contributed by atoms with Crippen LogP contribution in [-0.2, 0) is 5.41 Å². The molecule has 0 heterocycles. The Kier molecular flexibility index (Phi) is 3.84. The van der Waals surface area contributed by atoms with Crippen LogP contribution in [0.3, 0.4) is 0 Å². The van der Waals surface area contributed by atoms with Crippen LogP contribution in [0, 0.1) is 12.3 Å². The Morgan fingerprint density at radius 1 is 1.31 bits per heavy atom. The lowest BCUT2D eigenvalue weighted by Gasteiger charge is -2.23. The second-order valence-corrected chi connectivity index (χ2v) is 4.60. The first-order valence-corrected chi connectivity index (χ1v) is 5.24. The number of methoxy groups -OCH3 is 1. The van der Waals surface area contributed by atoms with Crippen LogP contribution in [0.4, 0.5) is 0 Å². The van der Waals surface area contributed by atoms with Crippen LogP contribution in [0.5, 0.6) is 11.5 Å². The Hall–Kier alpha value is -1.62. The quantitative estimate of drug-likeness (QED) is 0.726. The summed E-state index contributed by atoms with van der Waals surface area (Å²) in [7, 11) is 1.66. The second-order valence-electron chi connectivity index (χ2n) is 4.60. The summed E-state index contributed by atoms with van der Waals surface area (Å²) < 4.78 is 10.7. The molecule has 0 aliphatic carbocycles. The molecule has 1 rings (SSSR count). The second kappa shape index (κ2) is 4.94. The van der Waals surface area contributed by atoms with Gasteiger partial charge in [-0.3, -0.25) is 0 Å². The maximum atomic E-state index is 5.52. The Bertz CT molecular complexity index is 394. The highest BCUT2D eigenvalue weighted by molar-refractivity contribution is 5.44. The topological polar surface area (TPSA) is 18.5 Å².